The Morgan fingerprint density at radius 1 is 1.17 bits per heavy atom. The van der Waals surface area contributed by atoms with Crippen molar-refractivity contribution < 1.29 is 0 Å². The van der Waals surface area contributed by atoms with Crippen molar-refractivity contribution in [1.29, 1.82) is 0 Å². The summed E-state index contributed by atoms with van der Waals surface area (Å²) in [7, 11) is 0. The fraction of sp³-hybridized carbons (Fsp3) is 0.333. The van der Waals surface area contributed by atoms with Crippen molar-refractivity contribution in [1.82, 2.24) is 0 Å². The second kappa shape index (κ2) is 7.88. The van der Waals surface area contributed by atoms with Crippen molar-refractivity contribution in [3.63, 3.8) is 0 Å². The average Bonchev–Trinajstić information content (AvgIpc) is 2.08. The first-order valence-corrected chi connectivity index (χ1v) is 4.22. The van der Waals surface area contributed by atoms with Gasteiger partial charge in [-0.05, 0) is 13.8 Å². The molecule has 1 rings (SSSR count). The Bertz CT molecular complexity index is 236. The molecule has 0 aliphatic heterocycles. The molecule has 0 aliphatic carbocycles. The molecule has 12 heavy (non-hydrogen) atoms. The van der Waals surface area contributed by atoms with Crippen LogP contribution in [0.25, 0.3) is 0 Å². The van der Waals surface area contributed by atoms with E-state index >= 15 is 0 Å². The van der Waals surface area contributed by atoms with Gasteiger partial charge in [-0.15, -0.1) is 11.8 Å². The zero-order valence-corrected chi connectivity index (χ0v) is 8.09. The second-order valence-electron chi connectivity index (χ2n) is 2.44. The van der Waals surface area contributed by atoms with Gasteiger partial charge in [0.05, 0.1) is 0 Å². The molecule has 0 spiro atoms. The van der Waals surface area contributed by atoms with Crippen molar-refractivity contribution in [2.45, 2.75) is 27.2 Å². The molecule has 0 nitrogen and oxygen atoms in total. The first-order chi connectivity index (χ1) is 5.81. The van der Waals surface area contributed by atoms with Crippen LogP contribution < -0.4 is 0 Å². The summed E-state index contributed by atoms with van der Waals surface area (Å²) in [5.41, 5.74) is 1.32. The number of benzene rings is 1. The van der Waals surface area contributed by atoms with E-state index in [1.807, 2.05) is 32.0 Å². The first-order valence-electron chi connectivity index (χ1n) is 4.22. The molecule has 0 saturated heterocycles. The molecule has 1 aromatic rings. The number of hydrogen-bond acceptors (Lipinski definition) is 0. The SMILES string of the molecule is CC#CCC.Cc1ccccc1. The predicted octanol–water partition coefficient (Wildman–Crippen LogP) is 3.41. The molecule has 1 aromatic carbocycles. The second-order valence-corrected chi connectivity index (χ2v) is 2.44. The van der Waals surface area contributed by atoms with Crippen LogP contribution in [0, 0.1) is 18.8 Å². The molecule has 64 valence electrons. The Morgan fingerprint density at radius 2 is 1.75 bits per heavy atom. The number of rotatable bonds is 0. The lowest BCUT2D eigenvalue weighted by molar-refractivity contribution is 1.28. The standard InChI is InChI=1S/C7H8.C5H8/c1-7-5-3-2-4-6-7;1-3-5-4-2/h2-6H,1H3;3H2,1-2H3. The molecule has 0 bridgehead atoms. The Balaban J connectivity index is 0.000000217. The normalized spacial score (nSPS) is 7.25. The highest BCUT2D eigenvalue weighted by atomic mass is 13.8. The summed E-state index contributed by atoms with van der Waals surface area (Å²) in [5, 5.41) is 0. The summed E-state index contributed by atoms with van der Waals surface area (Å²) >= 11 is 0. The summed E-state index contributed by atoms with van der Waals surface area (Å²) in [6.45, 7) is 5.97. The summed E-state index contributed by atoms with van der Waals surface area (Å²) in [6.07, 6.45) is 0.983. The van der Waals surface area contributed by atoms with Gasteiger partial charge in [0, 0.05) is 6.42 Å². The lowest BCUT2D eigenvalue weighted by atomic mass is 10.2. The maximum atomic E-state index is 2.86. The van der Waals surface area contributed by atoms with Crippen LogP contribution >= 0.6 is 0 Å². The fourth-order valence-electron chi connectivity index (χ4n) is 0.711. The Morgan fingerprint density at radius 3 is 1.92 bits per heavy atom. The number of aryl methyl sites for hydroxylation is 1. The van der Waals surface area contributed by atoms with Crippen LogP contribution in [0.1, 0.15) is 25.8 Å². The predicted molar refractivity (Wildman–Crippen MR) is 54.9 cm³/mol. The minimum Gasteiger partial charge on any atom is -0.107 e. The van der Waals surface area contributed by atoms with Gasteiger partial charge < -0.3 is 0 Å². The third-order valence-corrected chi connectivity index (χ3v) is 1.29. The lowest BCUT2D eigenvalue weighted by Crippen LogP contribution is -1.62. The first kappa shape index (κ1) is 10.8. The van der Waals surface area contributed by atoms with Crippen molar-refractivity contribution in [2.24, 2.45) is 0 Å². The van der Waals surface area contributed by atoms with Crippen LogP contribution in [0.4, 0.5) is 0 Å². The summed E-state index contributed by atoms with van der Waals surface area (Å²) < 4.78 is 0. The van der Waals surface area contributed by atoms with Crippen molar-refractivity contribution >= 4 is 0 Å². The molecule has 0 N–H and O–H groups in total. The quantitative estimate of drug-likeness (QED) is 0.510. The highest BCUT2D eigenvalue weighted by Crippen LogP contribution is 1.92. The molecule has 0 aromatic heterocycles. The van der Waals surface area contributed by atoms with Gasteiger partial charge in [-0.3, -0.25) is 0 Å². The molecule has 0 unspecified atom stereocenters. The topological polar surface area (TPSA) is 0 Å². The molecule has 0 aliphatic rings. The molecule has 0 amide bonds. The van der Waals surface area contributed by atoms with E-state index in [0.717, 1.165) is 6.42 Å². The van der Waals surface area contributed by atoms with Crippen LogP contribution in [0.15, 0.2) is 30.3 Å². The lowest BCUT2D eigenvalue weighted by Gasteiger charge is -1.82. The highest BCUT2D eigenvalue weighted by molar-refractivity contribution is 5.11. The maximum Gasteiger partial charge on any atom is 0.00601 e. The molecule has 0 saturated carbocycles. The third kappa shape index (κ3) is 6.89. The minimum absolute atomic E-state index is 0.983. The molecular weight excluding hydrogens is 144 g/mol. The molecule has 0 atom stereocenters. The average molecular weight is 160 g/mol. The zero-order valence-electron chi connectivity index (χ0n) is 8.09. The van der Waals surface area contributed by atoms with E-state index in [9.17, 15) is 0 Å². The fourth-order valence-corrected chi connectivity index (χ4v) is 0.711. The van der Waals surface area contributed by atoms with Crippen molar-refractivity contribution in [3.05, 3.63) is 35.9 Å². The van der Waals surface area contributed by atoms with Crippen molar-refractivity contribution in [2.75, 3.05) is 0 Å². The largest absolute Gasteiger partial charge is 0.107 e. The van der Waals surface area contributed by atoms with E-state index < -0.39 is 0 Å². The van der Waals surface area contributed by atoms with Crippen LogP contribution in [0.3, 0.4) is 0 Å². The Labute approximate surface area is 75.6 Å². The van der Waals surface area contributed by atoms with Crippen LogP contribution in [-0.4, -0.2) is 0 Å². The van der Waals surface area contributed by atoms with E-state index in [1.165, 1.54) is 5.56 Å². The Kier molecular flexibility index (Phi) is 7.08. The van der Waals surface area contributed by atoms with Crippen LogP contribution in [0.2, 0.25) is 0 Å². The van der Waals surface area contributed by atoms with E-state index in [0.29, 0.717) is 0 Å². The van der Waals surface area contributed by atoms with E-state index in [-0.39, 0.29) is 0 Å². The summed E-state index contributed by atoms with van der Waals surface area (Å²) in [6, 6.07) is 10.3. The highest BCUT2D eigenvalue weighted by Gasteiger charge is 1.72. The number of hydrogen-bond donors (Lipinski definition) is 0. The zero-order chi connectivity index (χ0) is 9.23. The van der Waals surface area contributed by atoms with Gasteiger partial charge in [0.25, 0.3) is 0 Å². The molecule has 0 heterocycles. The van der Waals surface area contributed by atoms with E-state index in [2.05, 4.69) is 30.9 Å². The van der Waals surface area contributed by atoms with Gasteiger partial charge in [-0.1, -0.05) is 42.8 Å². The van der Waals surface area contributed by atoms with Crippen LogP contribution in [0.5, 0.6) is 0 Å². The molecule has 0 heteroatoms. The van der Waals surface area contributed by atoms with Gasteiger partial charge in [0.1, 0.15) is 0 Å². The molecular formula is C12H16. The summed E-state index contributed by atoms with van der Waals surface area (Å²) in [5.74, 6) is 5.63. The molecule has 0 radical (unpaired) electrons. The monoisotopic (exact) mass is 160 g/mol. The summed E-state index contributed by atoms with van der Waals surface area (Å²) in [4.78, 5) is 0. The van der Waals surface area contributed by atoms with Gasteiger partial charge in [-0.2, -0.15) is 0 Å². The minimum atomic E-state index is 0.983. The van der Waals surface area contributed by atoms with Gasteiger partial charge in [0.15, 0.2) is 0 Å². The maximum absolute atomic E-state index is 2.86. The molecule has 0 fully saturated rings. The van der Waals surface area contributed by atoms with E-state index in [1.54, 1.807) is 0 Å². The van der Waals surface area contributed by atoms with Gasteiger partial charge in [-0.25, -0.2) is 0 Å². The smallest absolute Gasteiger partial charge is 0.00601 e. The van der Waals surface area contributed by atoms with Crippen molar-refractivity contribution in [3.8, 4) is 11.8 Å². The van der Waals surface area contributed by atoms with Gasteiger partial charge >= 0.3 is 0 Å². The van der Waals surface area contributed by atoms with E-state index in [4.69, 9.17) is 0 Å². The Hall–Kier alpha value is -1.22. The van der Waals surface area contributed by atoms with Gasteiger partial charge in [0.2, 0.25) is 0 Å². The van der Waals surface area contributed by atoms with Crippen LogP contribution in [-0.2, 0) is 0 Å². The third-order valence-electron chi connectivity index (χ3n) is 1.29.